The molecule has 1 aliphatic rings. The summed E-state index contributed by atoms with van der Waals surface area (Å²) in [6.07, 6.45) is 1.75. The van der Waals surface area contributed by atoms with Crippen LogP contribution in [0.4, 0.5) is 5.69 Å². The van der Waals surface area contributed by atoms with Gasteiger partial charge < -0.3 is 4.74 Å². The molecule has 6 heteroatoms. The third kappa shape index (κ3) is 3.26. The number of anilines is 1. The summed E-state index contributed by atoms with van der Waals surface area (Å²) in [6, 6.07) is 21.1. The summed E-state index contributed by atoms with van der Waals surface area (Å²) in [7, 11) is 0. The fraction of sp³-hybridized carbons (Fsp3) is 0.160. The van der Waals surface area contributed by atoms with Gasteiger partial charge >= 0.3 is 0 Å². The zero-order chi connectivity index (χ0) is 21.4. The van der Waals surface area contributed by atoms with E-state index in [-0.39, 0.29) is 11.9 Å². The molecule has 5 rings (SSSR count). The Morgan fingerprint density at radius 2 is 1.81 bits per heavy atom. The van der Waals surface area contributed by atoms with Crippen molar-refractivity contribution in [2.24, 2.45) is 0 Å². The van der Waals surface area contributed by atoms with Crippen LogP contribution in [0, 0.1) is 6.92 Å². The number of aromatic amines is 1. The summed E-state index contributed by atoms with van der Waals surface area (Å²) < 4.78 is 5.56. The van der Waals surface area contributed by atoms with Gasteiger partial charge in [-0.2, -0.15) is 5.10 Å². The van der Waals surface area contributed by atoms with E-state index in [1.807, 2.05) is 80.6 Å². The molecule has 154 valence electrons. The number of carbonyl (C=O) groups is 1. The number of nitrogens with one attached hydrogen (secondary N) is 1. The zero-order valence-corrected chi connectivity index (χ0v) is 17.4. The molecule has 0 saturated heterocycles. The molecule has 1 atom stereocenters. The number of rotatable bonds is 5. The van der Waals surface area contributed by atoms with E-state index in [9.17, 15) is 4.79 Å². The first-order chi connectivity index (χ1) is 15.2. The Bertz CT molecular complexity index is 1210. The lowest BCUT2D eigenvalue weighted by Gasteiger charge is -2.25. The van der Waals surface area contributed by atoms with Gasteiger partial charge in [0.05, 0.1) is 18.0 Å². The highest BCUT2D eigenvalue weighted by atomic mass is 16.5. The van der Waals surface area contributed by atoms with Crippen LogP contribution in [0.1, 0.15) is 40.3 Å². The van der Waals surface area contributed by atoms with Gasteiger partial charge in [-0.3, -0.25) is 19.8 Å². The van der Waals surface area contributed by atoms with E-state index in [0.717, 1.165) is 34.0 Å². The largest absolute Gasteiger partial charge is 0.494 e. The first kappa shape index (κ1) is 19.1. The summed E-state index contributed by atoms with van der Waals surface area (Å²) >= 11 is 0. The molecular formula is C25H22N4O2. The van der Waals surface area contributed by atoms with Crippen LogP contribution in [-0.2, 0) is 0 Å². The lowest BCUT2D eigenvalue weighted by molar-refractivity contribution is 0.0988. The number of nitrogens with zero attached hydrogens (tertiary/aromatic N) is 3. The highest BCUT2D eigenvalue weighted by molar-refractivity contribution is 6.11. The van der Waals surface area contributed by atoms with Gasteiger partial charge in [-0.25, -0.2) is 0 Å². The van der Waals surface area contributed by atoms with Crippen molar-refractivity contribution in [2.45, 2.75) is 19.9 Å². The highest BCUT2D eigenvalue weighted by Crippen LogP contribution is 2.44. The van der Waals surface area contributed by atoms with E-state index < -0.39 is 0 Å². The van der Waals surface area contributed by atoms with Gasteiger partial charge in [-0.15, -0.1) is 0 Å². The monoisotopic (exact) mass is 410 g/mol. The summed E-state index contributed by atoms with van der Waals surface area (Å²) in [6.45, 7) is 4.59. The maximum Gasteiger partial charge on any atom is 0.277 e. The van der Waals surface area contributed by atoms with E-state index in [2.05, 4.69) is 15.2 Å². The molecule has 1 unspecified atom stereocenters. The number of benzene rings is 2. The zero-order valence-electron chi connectivity index (χ0n) is 17.4. The van der Waals surface area contributed by atoms with Crippen molar-refractivity contribution < 1.29 is 9.53 Å². The van der Waals surface area contributed by atoms with Gasteiger partial charge in [0, 0.05) is 23.0 Å². The molecule has 31 heavy (non-hydrogen) atoms. The Hall–Kier alpha value is -3.93. The van der Waals surface area contributed by atoms with Crippen LogP contribution in [-0.4, -0.2) is 27.7 Å². The molecule has 2 aromatic carbocycles. The third-order valence-corrected chi connectivity index (χ3v) is 5.49. The fourth-order valence-corrected chi connectivity index (χ4v) is 4.03. The Labute approximate surface area is 180 Å². The molecule has 6 nitrogen and oxygen atoms in total. The minimum atomic E-state index is -0.378. The van der Waals surface area contributed by atoms with E-state index >= 15 is 0 Å². The van der Waals surface area contributed by atoms with Crippen LogP contribution in [0.5, 0.6) is 5.75 Å². The average Bonchev–Trinajstić information content (AvgIpc) is 3.35. The first-order valence-electron chi connectivity index (χ1n) is 10.3. The highest BCUT2D eigenvalue weighted by Gasteiger charge is 2.43. The van der Waals surface area contributed by atoms with Gasteiger partial charge in [-0.1, -0.05) is 35.9 Å². The summed E-state index contributed by atoms with van der Waals surface area (Å²) in [5, 5.41) is 7.50. The normalized spacial score (nSPS) is 15.2. The second kappa shape index (κ2) is 7.72. The predicted molar refractivity (Wildman–Crippen MR) is 119 cm³/mol. The van der Waals surface area contributed by atoms with E-state index in [0.29, 0.717) is 12.3 Å². The van der Waals surface area contributed by atoms with Crippen molar-refractivity contribution in [3.05, 3.63) is 95.4 Å². The van der Waals surface area contributed by atoms with Crippen LogP contribution in [0.15, 0.2) is 72.9 Å². The van der Waals surface area contributed by atoms with Crippen molar-refractivity contribution in [1.29, 1.82) is 0 Å². The number of pyridine rings is 1. The minimum Gasteiger partial charge on any atom is -0.494 e. The second-order valence-electron chi connectivity index (χ2n) is 7.49. The average molecular weight is 410 g/mol. The first-order valence-corrected chi connectivity index (χ1v) is 10.3. The summed E-state index contributed by atoms with van der Waals surface area (Å²) in [5.41, 5.74) is 5.82. The molecule has 0 saturated carbocycles. The van der Waals surface area contributed by atoms with Crippen molar-refractivity contribution in [3.8, 4) is 17.0 Å². The molecule has 0 fully saturated rings. The van der Waals surface area contributed by atoms with Crippen molar-refractivity contribution in [3.63, 3.8) is 0 Å². The second-order valence-corrected chi connectivity index (χ2v) is 7.49. The van der Waals surface area contributed by atoms with Crippen molar-refractivity contribution in [2.75, 3.05) is 11.5 Å². The Balaban J connectivity index is 1.65. The maximum atomic E-state index is 13.5. The van der Waals surface area contributed by atoms with Crippen LogP contribution in [0.3, 0.4) is 0 Å². The number of H-pyrrole nitrogens is 1. The molecule has 1 amide bonds. The van der Waals surface area contributed by atoms with Gasteiger partial charge in [0.2, 0.25) is 0 Å². The summed E-state index contributed by atoms with van der Waals surface area (Å²) in [5.74, 6) is 0.647. The molecule has 0 aliphatic carbocycles. The van der Waals surface area contributed by atoms with Crippen molar-refractivity contribution >= 4 is 11.6 Å². The number of amides is 1. The van der Waals surface area contributed by atoms with Crippen molar-refractivity contribution in [1.82, 2.24) is 15.2 Å². The van der Waals surface area contributed by atoms with Gasteiger partial charge in [0.25, 0.3) is 5.91 Å². The Morgan fingerprint density at radius 3 is 2.48 bits per heavy atom. The topological polar surface area (TPSA) is 71.1 Å². The number of hydrogen-bond acceptors (Lipinski definition) is 4. The molecule has 2 aromatic heterocycles. The molecule has 4 aromatic rings. The lowest BCUT2D eigenvalue weighted by Crippen LogP contribution is -2.29. The number of hydrogen-bond donors (Lipinski definition) is 1. The quantitative estimate of drug-likeness (QED) is 0.506. The van der Waals surface area contributed by atoms with Gasteiger partial charge in [0.1, 0.15) is 17.5 Å². The molecular weight excluding hydrogens is 388 g/mol. The molecule has 3 heterocycles. The number of ether oxygens (including phenoxy) is 1. The van der Waals surface area contributed by atoms with E-state index in [1.54, 1.807) is 11.1 Å². The number of carbonyl (C=O) groups excluding carboxylic acids is 1. The van der Waals surface area contributed by atoms with E-state index in [4.69, 9.17) is 4.74 Å². The van der Waals surface area contributed by atoms with Crippen LogP contribution < -0.4 is 9.64 Å². The number of aromatic nitrogens is 3. The fourth-order valence-electron chi connectivity index (χ4n) is 4.03. The summed E-state index contributed by atoms with van der Waals surface area (Å²) in [4.78, 5) is 19.8. The van der Waals surface area contributed by atoms with E-state index in [1.165, 1.54) is 5.56 Å². The standard InChI is InChI=1S/C25H22N4O2/c1-3-31-19-13-11-18(12-14-19)29-24(20-6-4-5-15-26-20)21-22(27-28-23(21)25(29)30)17-9-7-16(2)8-10-17/h4-15,24H,3H2,1-2H3,(H,27,28). The van der Waals surface area contributed by atoms with Crippen LogP contribution in [0.2, 0.25) is 0 Å². The van der Waals surface area contributed by atoms with Gasteiger partial charge in [-0.05, 0) is 50.2 Å². The van der Waals surface area contributed by atoms with Gasteiger partial charge in [0.15, 0.2) is 0 Å². The predicted octanol–water partition coefficient (Wildman–Crippen LogP) is 4.93. The molecule has 1 aliphatic heterocycles. The van der Waals surface area contributed by atoms with Crippen LogP contribution in [0.25, 0.3) is 11.3 Å². The third-order valence-electron chi connectivity index (χ3n) is 5.49. The maximum absolute atomic E-state index is 13.5. The Morgan fingerprint density at radius 1 is 1.03 bits per heavy atom. The SMILES string of the molecule is CCOc1ccc(N2C(=O)c3[nH]nc(-c4ccc(C)cc4)c3C2c2ccccn2)cc1. The lowest BCUT2D eigenvalue weighted by atomic mass is 9.98. The molecule has 1 N–H and O–H groups in total. The van der Waals surface area contributed by atoms with Crippen LogP contribution >= 0.6 is 0 Å². The smallest absolute Gasteiger partial charge is 0.277 e. The number of aryl methyl sites for hydroxylation is 1. The number of fused-ring (bicyclic) bond motifs is 1. The minimum absolute atomic E-state index is 0.124. The molecule has 0 spiro atoms. The Kier molecular flexibility index (Phi) is 4.75. The molecule has 0 bridgehead atoms. The molecule has 0 radical (unpaired) electrons.